The van der Waals surface area contributed by atoms with E-state index in [0.717, 1.165) is 96.6 Å². The molecule has 3 saturated carbocycles. The van der Waals surface area contributed by atoms with Crippen LogP contribution in [0.25, 0.3) is 0 Å². The first-order valence-corrected chi connectivity index (χ1v) is 12.9. The molecule has 0 aromatic carbocycles. The number of nitrogens with zero attached hydrogens (tertiary/aromatic N) is 3. The molecule has 1 aliphatic heterocycles. The van der Waals surface area contributed by atoms with Gasteiger partial charge in [-0.15, -0.1) is 0 Å². The first-order valence-electron chi connectivity index (χ1n) is 12.9. The van der Waals surface area contributed by atoms with Crippen molar-refractivity contribution in [3.8, 4) is 0 Å². The molecule has 3 aliphatic carbocycles. The van der Waals surface area contributed by atoms with E-state index in [-0.39, 0.29) is 17.7 Å². The van der Waals surface area contributed by atoms with Gasteiger partial charge in [-0.25, -0.2) is 0 Å². The zero-order valence-electron chi connectivity index (χ0n) is 19.8. The van der Waals surface area contributed by atoms with Crippen molar-refractivity contribution >= 4 is 17.8 Å². The number of guanidine groups is 1. The lowest BCUT2D eigenvalue weighted by Crippen LogP contribution is -2.52. The van der Waals surface area contributed by atoms with Gasteiger partial charge in [0.1, 0.15) is 0 Å². The summed E-state index contributed by atoms with van der Waals surface area (Å²) in [6, 6.07) is 0.739. The van der Waals surface area contributed by atoms with Crippen molar-refractivity contribution in [2.75, 3.05) is 46.3 Å². The quantitative estimate of drug-likeness (QED) is 0.406. The van der Waals surface area contributed by atoms with Crippen molar-refractivity contribution in [1.29, 1.82) is 0 Å². The number of rotatable bonds is 7. The molecule has 0 spiro atoms. The van der Waals surface area contributed by atoms with E-state index in [1.54, 1.807) is 0 Å². The Bertz CT molecular complexity index is 665. The Morgan fingerprint density at radius 2 is 1.56 bits per heavy atom. The smallest absolute Gasteiger partial charge is 0.225 e. The van der Waals surface area contributed by atoms with E-state index in [2.05, 4.69) is 30.7 Å². The number of aliphatic imine (C=N–C) groups is 1. The molecule has 180 valence electrons. The van der Waals surface area contributed by atoms with Crippen LogP contribution < -0.4 is 16.0 Å². The van der Waals surface area contributed by atoms with E-state index in [0.29, 0.717) is 18.0 Å². The Morgan fingerprint density at radius 3 is 2.25 bits per heavy atom. The topological polar surface area (TPSA) is 89.1 Å². The van der Waals surface area contributed by atoms with Crippen molar-refractivity contribution in [3.05, 3.63) is 0 Å². The highest BCUT2D eigenvalue weighted by atomic mass is 16.2. The fourth-order valence-corrected chi connectivity index (χ4v) is 5.45. The molecule has 2 amide bonds. The molecule has 8 nitrogen and oxygen atoms in total. The minimum atomic E-state index is 0.128. The van der Waals surface area contributed by atoms with Crippen LogP contribution in [0.2, 0.25) is 0 Å². The molecule has 0 aromatic heterocycles. The summed E-state index contributed by atoms with van der Waals surface area (Å²) in [6.45, 7) is 5.39. The summed E-state index contributed by atoms with van der Waals surface area (Å²) >= 11 is 0. The Morgan fingerprint density at radius 1 is 0.844 bits per heavy atom. The SMILES string of the molecule is CN=C(NCCN1CCN(C(=O)C2CCCC2)CC1)NC1CCCC(C(=O)NC2CC2)C1. The van der Waals surface area contributed by atoms with E-state index in [9.17, 15) is 9.59 Å². The molecule has 1 saturated heterocycles. The van der Waals surface area contributed by atoms with Gasteiger partial charge in [0.2, 0.25) is 11.8 Å². The van der Waals surface area contributed by atoms with Crippen LogP contribution in [-0.2, 0) is 9.59 Å². The molecule has 3 N–H and O–H groups in total. The number of carbonyl (C=O) groups is 2. The van der Waals surface area contributed by atoms with Crippen LogP contribution in [0.3, 0.4) is 0 Å². The van der Waals surface area contributed by atoms with E-state index >= 15 is 0 Å². The van der Waals surface area contributed by atoms with Gasteiger partial charge in [0.05, 0.1) is 0 Å². The molecule has 4 fully saturated rings. The maximum atomic E-state index is 12.6. The van der Waals surface area contributed by atoms with Crippen LogP contribution in [0.15, 0.2) is 4.99 Å². The Labute approximate surface area is 192 Å². The molecule has 4 rings (SSSR count). The lowest BCUT2D eigenvalue weighted by Gasteiger charge is -2.36. The van der Waals surface area contributed by atoms with Gasteiger partial charge in [0.15, 0.2) is 5.96 Å². The molecule has 0 bridgehead atoms. The van der Waals surface area contributed by atoms with Gasteiger partial charge in [-0.05, 0) is 44.9 Å². The van der Waals surface area contributed by atoms with Crippen molar-refractivity contribution in [2.24, 2.45) is 16.8 Å². The minimum absolute atomic E-state index is 0.128. The predicted molar refractivity (Wildman–Crippen MR) is 126 cm³/mol. The molecule has 2 atom stereocenters. The van der Waals surface area contributed by atoms with Crippen LogP contribution >= 0.6 is 0 Å². The van der Waals surface area contributed by atoms with Gasteiger partial charge < -0.3 is 20.9 Å². The number of hydrogen-bond acceptors (Lipinski definition) is 4. The molecule has 0 radical (unpaired) electrons. The zero-order valence-corrected chi connectivity index (χ0v) is 19.8. The monoisotopic (exact) mass is 446 g/mol. The summed E-state index contributed by atoms with van der Waals surface area (Å²) in [6.07, 6.45) is 10.9. The number of amides is 2. The molecule has 8 heteroatoms. The summed E-state index contributed by atoms with van der Waals surface area (Å²) in [5, 5.41) is 10.1. The van der Waals surface area contributed by atoms with Gasteiger partial charge in [-0.3, -0.25) is 19.5 Å². The van der Waals surface area contributed by atoms with Gasteiger partial charge in [-0.1, -0.05) is 19.3 Å². The van der Waals surface area contributed by atoms with Crippen LogP contribution in [0.5, 0.6) is 0 Å². The fourth-order valence-electron chi connectivity index (χ4n) is 5.45. The first kappa shape index (κ1) is 23.3. The normalized spacial score (nSPS) is 27.9. The van der Waals surface area contributed by atoms with E-state index < -0.39 is 0 Å². The van der Waals surface area contributed by atoms with E-state index in [1.165, 1.54) is 12.8 Å². The number of carbonyl (C=O) groups excluding carboxylic acids is 2. The van der Waals surface area contributed by atoms with Gasteiger partial charge in [0, 0.05) is 70.2 Å². The van der Waals surface area contributed by atoms with Gasteiger partial charge in [-0.2, -0.15) is 0 Å². The Hall–Kier alpha value is -1.83. The molecule has 2 unspecified atom stereocenters. The van der Waals surface area contributed by atoms with Crippen LogP contribution in [0.1, 0.15) is 64.2 Å². The molecule has 1 heterocycles. The van der Waals surface area contributed by atoms with Gasteiger partial charge >= 0.3 is 0 Å². The van der Waals surface area contributed by atoms with Crippen molar-refractivity contribution in [2.45, 2.75) is 76.3 Å². The van der Waals surface area contributed by atoms with Crippen molar-refractivity contribution in [3.63, 3.8) is 0 Å². The van der Waals surface area contributed by atoms with Crippen LogP contribution in [0.4, 0.5) is 0 Å². The average molecular weight is 447 g/mol. The molecule has 32 heavy (non-hydrogen) atoms. The lowest BCUT2D eigenvalue weighted by molar-refractivity contribution is -0.137. The number of hydrogen-bond donors (Lipinski definition) is 3. The third kappa shape index (κ3) is 6.59. The third-order valence-electron chi connectivity index (χ3n) is 7.64. The third-order valence-corrected chi connectivity index (χ3v) is 7.64. The number of nitrogens with one attached hydrogen (secondary N) is 3. The largest absolute Gasteiger partial charge is 0.355 e. The summed E-state index contributed by atoms with van der Waals surface area (Å²) < 4.78 is 0. The van der Waals surface area contributed by atoms with Crippen LogP contribution in [-0.4, -0.2) is 86.0 Å². The molecular weight excluding hydrogens is 404 g/mol. The first-order chi connectivity index (χ1) is 15.6. The zero-order chi connectivity index (χ0) is 22.3. The predicted octanol–water partition coefficient (Wildman–Crippen LogP) is 1.32. The van der Waals surface area contributed by atoms with E-state index in [4.69, 9.17) is 0 Å². The molecular formula is C24H42N6O2. The fraction of sp³-hybridized carbons (Fsp3) is 0.875. The molecule has 0 aromatic rings. The summed E-state index contributed by atoms with van der Waals surface area (Å²) in [4.78, 5) is 33.9. The minimum Gasteiger partial charge on any atom is -0.355 e. The second-order valence-corrected chi connectivity index (χ2v) is 10.1. The lowest BCUT2D eigenvalue weighted by atomic mass is 9.85. The van der Waals surface area contributed by atoms with Gasteiger partial charge in [0.25, 0.3) is 0 Å². The highest BCUT2D eigenvalue weighted by Gasteiger charge is 2.32. The standard InChI is InChI=1S/C24H42N6O2/c1-25-24(28-21-8-4-7-19(17-21)22(31)27-20-9-10-20)26-11-12-29-13-15-30(16-14-29)23(32)18-5-2-3-6-18/h18-21H,2-17H2,1H3,(H,27,31)(H2,25,26,28). The Balaban J connectivity index is 1.12. The van der Waals surface area contributed by atoms with Crippen molar-refractivity contribution < 1.29 is 9.59 Å². The van der Waals surface area contributed by atoms with Crippen molar-refractivity contribution in [1.82, 2.24) is 25.8 Å². The second kappa shape index (κ2) is 11.3. The summed E-state index contributed by atoms with van der Waals surface area (Å²) in [5.74, 6) is 1.88. The number of piperazine rings is 1. The highest BCUT2D eigenvalue weighted by molar-refractivity contribution is 5.81. The van der Waals surface area contributed by atoms with E-state index in [1.807, 2.05) is 7.05 Å². The maximum Gasteiger partial charge on any atom is 0.225 e. The van der Waals surface area contributed by atoms with Crippen LogP contribution in [0, 0.1) is 11.8 Å². The average Bonchev–Trinajstić information content (AvgIpc) is 3.46. The second-order valence-electron chi connectivity index (χ2n) is 10.1. The summed E-state index contributed by atoms with van der Waals surface area (Å²) in [7, 11) is 1.81. The Kier molecular flexibility index (Phi) is 8.27. The maximum absolute atomic E-state index is 12.6. The summed E-state index contributed by atoms with van der Waals surface area (Å²) in [5.41, 5.74) is 0. The molecule has 4 aliphatic rings. The highest BCUT2D eigenvalue weighted by Crippen LogP contribution is 2.27.